The van der Waals surface area contributed by atoms with Crippen LogP contribution >= 0.6 is 0 Å². The lowest BCUT2D eigenvalue weighted by Crippen LogP contribution is -2.57. The van der Waals surface area contributed by atoms with Gasteiger partial charge in [0.15, 0.2) is 5.96 Å². The van der Waals surface area contributed by atoms with Crippen LogP contribution in [0.5, 0.6) is 0 Å². The topological polar surface area (TPSA) is 305 Å². The fraction of sp³-hybridized carbons (Fsp3) is 0.423. The van der Waals surface area contributed by atoms with Gasteiger partial charge in [0.2, 0.25) is 17.7 Å². The van der Waals surface area contributed by atoms with Crippen molar-refractivity contribution < 1.29 is 44.1 Å². The van der Waals surface area contributed by atoms with E-state index in [0.717, 1.165) is 10.9 Å². The molecule has 1 heterocycles. The molecule has 17 nitrogen and oxygen atoms in total. The second-order valence-corrected chi connectivity index (χ2v) is 9.67. The summed E-state index contributed by atoms with van der Waals surface area (Å²) in [4.78, 5) is 79.9. The molecule has 0 aliphatic heterocycles. The maximum absolute atomic E-state index is 13.5. The minimum atomic E-state index is -1.78. The Morgan fingerprint density at radius 1 is 0.837 bits per heavy atom. The van der Waals surface area contributed by atoms with Crippen molar-refractivity contribution in [1.82, 2.24) is 20.9 Å². The van der Waals surface area contributed by atoms with Gasteiger partial charge < -0.3 is 53.5 Å². The highest BCUT2D eigenvalue weighted by atomic mass is 16.4. The number of carboxylic acids is 3. The SMILES string of the molecule is NC(N)=NCCCC(NC(=O)C(N)CCC(=O)O)C(=O)NC(Cc1c[nH]c2ccccc12)C(=O)NC(CC(=O)O)C(=O)O. The first-order chi connectivity index (χ1) is 20.3. The zero-order valence-corrected chi connectivity index (χ0v) is 23.1. The van der Waals surface area contributed by atoms with Crippen LogP contribution in [-0.4, -0.2) is 92.6 Å². The number of carbonyl (C=O) groups is 6. The Morgan fingerprint density at radius 2 is 1.47 bits per heavy atom. The number of para-hydroxylation sites is 1. The van der Waals surface area contributed by atoms with Gasteiger partial charge in [-0.05, 0) is 30.9 Å². The molecule has 0 fully saturated rings. The Labute approximate surface area is 245 Å². The Hall–Kier alpha value is -5.19. The third kappa shape index (κ3) is 11.3. The van der Waals surface area contributed by atoms with Crippen LogP contribution in [0.3, 0.4) is 0 Å². The van der Waals surface area contributed by atoms with Crippen molar-refractivity contribution in [3.63, 3.8) is 0 Å². The van der Waals surface area contributed by atoms with E-state index in [2.05, 4.69) is 25.9 Å². The lowest BCUT2D eigenvalue weighted by molar-refractivity contribution is -0.147. The van der Waals surface area contributed by atoms with E-state index in [1.807, 2.05) is 0 Å². The largest absolute Gasteiger partial charge is 0.481 e. The van der Waals surface area contributed by atoms with Crippen LogP contribution in [0.4, 0.5) is 0 Å². The van der Waals surface area contributed by atoms with E-state index in [9.17, 15) is 33.9 Å². The van der Waals surface area contributed by atoms with E-state index >= 15 is 0 Å². The average molecular weight is 605 g/mol. The van der Waals surface area contributed by atoms with Crippen LogP contribution in [0.1, 0.15) is 37.7 Å². The van der Waals surface area contributed by atoms with E-state index in [0.29, 0.717) is 5.56 Å². The molecular formula is C26H36N8O9. The molecule has 4 atom stereocenters. The van der Waals surface area contributed by atoms with Gasteiger partial charge in [0.05, 0.1) is 12.5 Å². The Balaban J connectivity index is 2.33. The normalized spacial score (nSPS) is 13.6. The minimum Gasteiger partial charge on any atom is -0.481 e. The zero-order valence-electron chi connectivity index (χ0n) is 23.1. The number of rotatable bonds is 18. The van der Waals surface area contributed by atoms with E-state index < -0.39 is 66.2 Å². The second-order valence-electron chi connectivity index (χ2n) is 9.67. The second kappa shape index (κ2) is 16.3. The summed E-state index contributed by atoms with van der Waals surface area (Å²) < 4.78 is 0. The van der Waals surface area contributed by atoms with Gasteiger partial charge in [-0.15, -0.1) is 0 Å². The molecule has 2 rings (SSSR count). The molecule has 1 aromatic carbocycles. The molecule has 0 bridgehead atoms. The first-order valence-corrected chi connectivity index (χ1v) is 13.2. The molecular weight excluding hydrogens is 568 g/mol. The van der Waals surface area contributed by atoms with E-state index in [4.69, 9.17) is 27.4 Å². The van der Waals surface area contributed by atoms with Crippen molar-refractivity contribution in [3.05, 3.63) is 36.0 Å². The highest BCUT2D eigenvalue weighted by Gasteiger charge is 2.31. The first-order valence-electron chi connectivity index (χ1n) is 13.2. The van der Waals surface area contributed by atoms with Gasteiger partial charge in [-0.3, -0.25) is 29.0 Å². The summed E-state index contributed by atoms with van der Waals surface area (Å²) in [5.74, 6) is -7.03. The number of aromatic nitrogens is 1. The molecule has 1 aromatic heterocycles. The molecule has 0 aliphatic carbocycles. The van der Waals surface area contributed by atoms with Gasteiger partial charge in [-0.25, -0.2) is 4.79 Å². The number of amides is 3. The monoisotopic (exact) mass is 604 g/mol. The third-order valence-corrected chi connectivity index (χ3v) is 6.31. The van der Waals surface area contributed by atoms with Crippen molar-refractivity contribution in [1.29, 1.82) is 0 Å². The van der Waals surface area contributed by atoms with E-state index in [-0.39, 0.29) is 44.6 Å². The molecule has 3 amide bonds. The summed E-state index contributed by atoms with van der Waals surface area (Å²) in [5.41, 5.74) is 17.8. The predicted octanol–water partition coefficient (Wildman–Crippen LogP) is -2.03. The number of nitrogens with two attached hydrogens (primary N) is 3. The minimum absolute atomic E-state index is 0.0157. The van der Waals surface area contributed by atoms with Crippen LogP contribution in [0.25, 0.3) is 10.9 Å². The number of hydrogen-bond acceptors (Lipinski definition) is 8. The van der Waals surface area contributed by atoms with E-state index in [1.165, 1.54) is 0 Å². The highest BCUT2D eigenvalue weighted by molar-refractivity contribution is 5.95. The third-order valence-electron chi connectivity index (χ3n) is 6.31. The molecule has 0 saturated heterocycles. The summed E-state index contributed by atoms with van der Waals surface area (Å²) in [7, 11) is 0. The molecule has 13 N–H and O–H groups in total. The fourth-order valence-corrected chi connectivity index (χ4v) is 4.11. The molecule has 43 heavy (non-hydrogen) atoms. The number of aliphatic carboxylic acids is 3. The summed E-state index contributed by atoms with van der Waals surface area (Å²) in [6.07, 6.45) is 0.177. The summed E-state index contributed by atoms with van der Waals surface area (Å²) >= 11 is 0. The Bertz CT molecular complexity index is 1360. The number of benzene rings is 1. The summed E-state index contributed by atoms with van der Waals surface area (Å²) in [5, 5.41) is 35.2. The van der Waals surface area contributed by atoms with Gasteiger partial charge in [0, 0.05) is 36.5 Å². The number of H-pyrrole nitrogens is 1. The van der Waals surface area contributed by atoms with Crippen molar-refractivity contribution >= 4 is 52.5 Å². The fourth-order valence-electron chi connectivity index (χ4n) is 4.11. The maximum Gasteiger partial charge on any atom is 0.326 e. The Kier molecular flexibility index (Phi) is 12.9. The van der Waals surface area contributed by atoms with E-state index in [1.54, 1.807) is 30.5 Å². The van der Waals surface area contributed by atoms with Crippen LogP contribution in [0, 0.1) is 0 Å². The molecule has 0 radical (unpaired) electrons. The summed E-state index contributed by atoms with van der Waals surface area (Å²) in [6, 6.07) is 1.40. The number of aliphatic imine (C=N–C) groups is 1. The lowest BCUT2D eigenvalue weighted by Gasteiger charge is -2.25. The van der Waals surface area contributed by atoms with Crippen molar-refractivity contribution in [2.45, 2.75) is 62.7 Å². The summed E-state index contributed by atoms with van der Waals surface area (Å²) in [6.45, 7) is 0.0990. The van der Waals surface area contributed by atoms with Gasteiger partial charge in [-0.1, -0.05) is 18.2 Å². The molecule has 234 valence electrons. The Morgan fingerprint density at radius 3 is 2.09 bits per heavy atom. The van der Waals surface area contributed by atoms with Gasteiger partial charge >= 0.3 is 17.9 Å². The zero-order chi connectivity index (χ0) is 32.1. The van der Waals surface area contributed by atoms with Crippen LogP contribution in [0.15, 0.2) is 35.5 Å². The highest BCUT2D eigenvalue weighted by Crippen LogP contribution is 2.19. The number of fused-ring (bicyclic) bond motifs is 1. The van der Waals surface area contributed by atoms with Gasteiger partial charge in [-0.2, -0.15) is 0 Å². The number of nitrogens with zero attached hydrogens (tertiary/aromatic N) is 1. The number of guanidine groups is 1. The molecule has 0 spiro atoms. The van der Waals surface area contributed by atoms with Crippen LogP contribution in [-0.2, 0) is 35.2 Å². The number of carboxylic acid groups (broad SMARTS) is 3. The van der Waals surface area contributed by atoms with Gasteiger partial charge in [0.1, 0.15) is 18.1 Å². The molecule has 0 aliphatic rings. The molecule has 4 unspecified atom stereocenters. The maximum atomic E-state index is 13.5. The molecule has 0 saturated carbocycles. The quantitative estimate of drug-likeness (QED) is 0.0500. The molecule has 17 heteroatoms. The standard InChI is InChI=1S/C26H36N8O9/c27-15(7-8-20(35)36)22(39)32-17(6-3-9-30-26(28)29)23(40)33-18(24(41)34-19(25(42)43)11-21(37)38)10-13-12-31-16-5-2-1-4-14(13)16/h1-2,4-5,12,15,17-19,31H,3,6-11,27H2,(H,32,39)(H,33,40)(H,34,41)(H,35,36)(H,37,38)(H,42,43)(H4,28,29,30). The first kappa shape index (κ1) is 34.0. The number of carbonyl (C=O) groups excluding carboxylic acids is 3. The number of nitrogens with one attached hydrogen (secondary N) is 4. The van der Waals surface area contributed by atoms with Crippen molar-refractivity contribution in [3.8, 4) is 0 Å². The van der Waals surface area contributed by atoms with Gasteiger partial charge in [0.25, 0.3) is 0 Å². The number of hydrogen-bond donors (Lipinski definition) is 10. The van der Waals surface area contributed by atoms with Crippen molar-refractivity contribution in [2.75, 3.05) is 6.54 Å². The molecule has 2 aromatic rings. The van der Waals surface area contributed by atoms with Crippen LogP contribution in [0.2, 0.25) is 0 Å². The lowest BCUT2D eigenvalue weighted by atomic mass is 10.0. The smallest absolute Gasteiger partial charge is 0.326 e. The predicted molar refractivity (Wildman–Crippen MR) is 152 cm³/mol. The van der Waals surface area contributed by atoms with Crippen molar-refractivity contribution in [2.24, 2.45) is 22.2 Å². The van der Waals surface area contributed by atoms with Crippen LogP contribution < -0.4 is 33.2 Å². The average Bonchev–Trinajstić information content (AvgIpc) is 3.34. The number of aromatic amines is 1.